The van der Waals surface area contributed by atoms with Crippen LogP contribution >= 0.6 is 11.3 Å². The molecule has 0 N–H and O–H groups in total. The lowest BCUT2D eigenvalue weighted by Crippen LogP contribution is -2.26. The van der Waals surface area contributed by atoms with Crippen LogP contribution < -0.4 is 14.5 Å². The topological polar surface area (TPSA) is 33.5 Å². The van der Waals surface area contributed by atoms with E-state index in [2.05, 4.69) is 169 Å². The summed E-state index contributed by atoms with van der Waals surface area (Å²) in [5.74, 6) is 3.26. The maximum atomic E-state index is 6.74. The van der Waals surface area contributed by atoms with E-state index >= 15 is 0 Å². The lowest BCUT2D eigenvalue weighted by Gasteiger charge is -2.29. The summed E-state index contributed by atoms with van der Waals surface area (Å²) >= 11 is 1.84. The number of aromatic nitrogens is 2. The van der Waals surface area contributed by atoms with Gasteiger partial charge in [-0.15, -0.1) is 11.3 Å². The largest absolute Gasteiger partial charge is 0.457 e. The summed E-state index contributed by atoms with van der Waals surface area (Å²) in [5.41, 5.74) is 9.82. The van der Waals surface area contributed by atoms with Crippen molar-refractivity contribution in [1.82, 2.24) is 9.55 Å². The zero-order chi connectivity index (χ0) is 36.5. The molecule has 6 heteroatoms. The van der Waals surface area contributed by atoms with E-state index in [1.165, 1.54) is 64.7 Å². The van der Waals surface area contributed by atoms with Gasteiger partial charge in [-0.3, -0.25) is 4.57 Å². The summed E-state index contributed by atoms with van der Waals surface area (Å²) in [5, 5.41) is 4.91. The summed E-state index contributed by atoms with van der Waals surface area (Å²) in [6.45, 7) is 9.89. The molecule has 0 radical (unpaired) electrons. The zero-order valence-corrected chi connectivity index (χ0v) is 31.6. The van der Waals surface area contributed by atoms with Crippen LogP contribution in [0.25, 0.3) is 47.8 Å². The van der Waals surface area contributed by atoms with Crippen LogP contribution in [-0.2, 0) is 0 Å². The predicted molar refractivity (Wildman–Crippen MR) is 228 cm³/mol. The highest BCUT2D eigenvalue weighted by Crippen LogP contribution is 2.49. The van der Waals surface area contributed by atoms with Gasteiger partial charge in [0.2, 0.25) is 0 Å². The summed E-state index contributed by atoms with van der Waals surface area (Å²) in [4.78, 5) is 9.76. The van der Waals surface area contributed by atoms with Gasteiger partial charge in [0, 0.05) is 60.6 Å². The minimum absolute atomic E-state index is 0.404. The van der Waals surface area contributed by atoms with Crippen molar-refractivity contribution < 1.29 is 4.74 Å². The maximum absolute atomic E-state index is 6.74. The van der Waals surface area contributed by atoms with Gasteiger partial charge in [0.15, 0.2) is 0 Å². The minimum Gasteiger partial charge on any atom is -0.457 e. The van der Waals surface area contributed by atoms with Crippen LogP contribution in [0.5, 0.6) is 11.5 Å². The molecule has 5 nitrogen and oxygen atoms in total. The molecule has 0 saturated heterocycles. The van der Waals surface area contributed by atoms with E-state index in [4.69, 9.17) is 9.72 Å². The second kappa shape index (κ2) is 12.8. The number of hydrogen-bond acceptors (Lipinski definition) is 5. The van der Waals surface area contributed by atoms with Crippen LogP contribution in [0, 0.1) is 0 Å². The minimum atomic E-state index is 0.404. The van der Waals surface area contributed by atoms with E-state index in [1.54, 1.807) is 0 Å². The van der Waals surface area contributed by atoms with Gasteiger partial charge >= 0.3 is 0 Å². The van der Waals surface area contributed by atoms with Gasteiger partial charge in [-0.1, -0.05) is 94.4 Å². The molecule has 1 aliphatic rings. The molecule has 6 aromatic carbocycles. The number of fused-ring (bicyclic) bond motifs is 8. The highest BCUT2D eigenvalue weighted by molar-refractivity contribution is 7.26. The molecule has 0 bridgehead atoms. The van der Waals surface area contributed by atoms with Gasteiger partial charge in [-0.25, -0.2) is 4.98 Å². The number of ether oxygens (including phenoxy) is 1. The first-order valence-electron chi connectivity index (χ1n) is 18.8. The number of anilines is 4. The Morgan fingerprint density at radius 1 is 0.593 bits per heavy atom. The first kappa shape index (κ1) is 32.5. The van der Waals surface area contributed by atoms with Crippen molar-refractivity contribution in [2.45, 2.75) is 39.5 Å². The number of para-hydroxylation sites is 3. The zero-order valence-electron chi connectivity index (χ0n) is 30.8. The molecule has 3 aromatic heterocycles. The van der Waals surface area contributed by atoms with E-state index in [1.807, 2.05) is 29.7 Å². The number of rotatable bonds is 7. The molecule has 0 aliphatic carbocycles. The Hall–Kier alpha value is -6.11. The third-order valence-electron chi connectivity index (χ3n) is 10.8. The average Bonchev–Trinajstić information content (AvgIpc) is 3.87. The van der Waals surface area contributed by atoms with Crippen molar-refractivity contribution in [3.8, 4) is 17.3 Å². The van der Waals surface area contributed by atoms with Gasteiger partial charge in [0.25, 0.3) is 0 Å². The van der Waals surface area contributed by atoms with E-state index in [0.29, 0.717) is 18.5 Å². The molecule has 264 valence electrons. The van der Waals surface area contributed by atoms with Crippen LogP contribution in [-0.4, -0.2) is 16.2 Å². The molecule has 54 heavy (non-hydrogen) atoms. The highest BCUT2D eigenvalue weighted by atomic mass is 32.1. The van der Waals surface area contributed by atoms with Crippen LogP contribution in [0.4, 0.5) is 22.7 Å². The van der Waals surface area contributed by atoms with Crippen molar-refractivity contribution in [3.05, 3.63) is 157 Å². The Kier molecular flexibility index (Phi) is 7.70. The normalized spacial score (nSPS) is 13.0. The van der Waals surface area contributed by atoms with Crippen LogP contribution in [0.3, 0.4) is 0 Å². The van der Waals surface area contributed by atoms with E-state index in [9.17, 15) is 0 Å². The molecule has 9 aromatic rings. The SMILES string of the molecule is CC(C)c1cccc(C(C)C)c1N1CN(c2cccc(Oc3ccc4c5ccc6sc7ccccc7c6c5n(-c5ccccn5)c4c3)c2)c2ccccc21. The molecule has 0 fully saturated rings. The summed E-state index contributed by atoms with van der Waals surface area (Å²) in [6.07, 6.45) is 1.87. The first-order chi connectivity index (χ1) is 26.4. The van der Waals surface area contributed by atoms with E-state index in [0.717, 1.165) is 28.5 Å². The highest BCUT2D eigenvalue weighted by Gasteiger charge is 2.31. The predicted octanol–water partition coefficient (Wildman–Crippen LogP) is 13.8. The summed E-state index contributed by atoms with van der Waals surface area (Å²) in [7, 11) is 0. The molecule has 0 atom stereocenters. The van der Waals surface area contributed by atoms with Crippen molar-refractivity contribution in [1.29, 1.82) is 0 Å². The third-order valence-corrected chi connectivity index (χ3v) is 12.0. The number of thiophene rings is 1. The van der Waals surface area contributed by atoms with Crippen molar-refractivity contribution >= 4 is 76.1 Å². The fraction of sp³-hybridized carbons (Fsp3) is 0.146. The van der Waals surface area contributed by atoms with Gasteiger partial charge in [-0.2, -0.15) is 0 Å². The molecule has 10 rings (SSSR count). The van der Waals surface area contributed by atoms with Gasteiger partial charge in [-0.05, 0) is 83.6 Å². The molecule has 0 spiro atoms. The molecule has 0 unspecified atom stereocenters. The molecule has 0 saturated carbocycles. The third kappa shape index (κ3) is 5.16. The standard InChI is InChI=1S/C48H40N4OS/c1-30(2)35-16-12-17-36(31(3)4)47(35)51-29-50(40-18-6-7-19-41(40)51)32-13-11-14-33(27-32)53-34-22-23-37-38-24-25-44-46(39-15-5-8-20-43(39)54-44)48(38)52(42(37)28-34)45-21-9-10-26-49-45/h5-28,30-31H,29H2,1-4H3. The second-order valence-corrected chi connectivity index (χ2v) is 15.9. The van der Waals surface area contributed by atoms with Crippen molar-refractivity contribution in [3.63, 3.8) is 0 Å². The molecule has 4 heterocycles. The molecule has 1 aliphatic heterocycles. The Morgan fingerprint density at radius 2 is 1.30 bits per heavy atom. The quantitative estimate of drug-likeness (QED) is 0.164. The fourth-order valence-electron chi connectivity index (χ4n) is 8.38. The van der Waals surface area contributed by atoms with Crippen LogP contribution in [0.2, 0.25) is 0 Å². The fourth-order valence-corrected chi connectivity index (χ4v) is 9.49. The number of hydrogen-bond donors (Lipinski definition) is 0. The number of pyridine rings is 1. The average molecular weight is 721 g/mol. The summed E-state index contributed by atoms with van der Waals surface area (Å²) < 4.78 is 11.6. The lowest BCUT2D eigenvalue weighted by molar-refractivity contribution is 0.483. The van der Waals surface area contributed by atoms with Crippen molar-refractivity contribution in [2.24, 2.45) is 0 Å². The van der Waals surface area contributed by atoms with Gasteiger partial charge in [0.05, 0.1) is 22.4 Å². The Bertz CT molecular complexity index is 2840. The lowest BCUT2D eigenvalue weighted by atomic mass is 9.92. The first-order valence-corrected chi connectivity index (χ1v) is 19.6. The number of nitrogens with zero attached hydrogens (tertiary/aromatic N) is 4. The van der Waals surface area contributed by atoms with Crippen LogP contribution in [0.15, 0.2) is 146 Å². The van der Waals surface area contributed by atoms with Crippen molar-refractivity contribution in [2.75, 3.05) is 16.5 Å². The van der Waals surface area contributed by atoms with Crippen LogP contribution in [0.1, 0.15) is 50.7 Å². The monoisotopic (exact) mass is 720 g/mol. The Balaban J connectivity index is 1.06. The molecule has 0 amide bonds. The van der Waals surface area contributed by atoms with Gasteiger partial charge < -0.3 is 14.5 Å². The number of benzene rings is 6. The van der Waals surface area contributed by atoms with E-state index in [-0.39, 0.29) is 0 Å². The van der Waals surface area contributed by atoms with Gasteiger partial charge in [0.1, 0.15) is 24.0 Å². The molecular formula is C48H40N4OS. The Labute approximate surface area is 319 Å². The second-order valence-electron chi connectivity index (χ2n) is 14.8. The van der Waals surface area contributed by atoms with E-state index < -0.39 is 0 Å². The summed E-state index contributed by atoms with van der Waals surface area (Å²) in [6, 6.07) is 49.9. The smallest absolute Gasteiger partial charge is 0.137 e. The molecular weight excluding hydrogens is 681 g/mol. The Morgan fingerprint density at radius 3 is 2.07 bits per heavy atom. The maximum Gasteiger partial charge on any atom is 0.137 e.